The van der Waals surface area contributed by atoms with Crippen LogP contribution in [0.15, 0.2) is 18.3 Å². The Morgan fingerprint density at radius 2 is 2.38 bits per heavy atom. The summed E-state index contributed by atoms with van der Waals surface area (Å²) in [6.07, 6.45) is 4.27. The largest absolute Gasteiger partial charge is 0.383 e. The van der Waals surface area contributed by atoms with Gasteiger partial charge in [-0.15, -0.1) is 0 Å². The monoisotopic (exact) mass is 196 g/mol. The fourth-order valence-corrected chi connectivity index (χ4v) is 2.10. The van der Waals surface area contributed by atoms with E-state index in [-0.39, 0.29) is 0 Å². The molecule has 0 bridgehead atoms. The van der Waals surface area contributed by atoms with Crippen molar-refractivity contribution in [3.63, 3.8) is 0 Å². The van der Waals surface area contributed by atoms with Crippen molar-refractivity contribution in [1.82, 2.24) is 4.98 Å². The van der Waals surface area contributed by atoms with Crippen LogP contribution < -0.4 is 5.73 Å². The van der Waals surface area contributed by atoms with Crippen LogP contribution in [0.3, 0.4) is 0 Å². The predicted octanol–water partition coefficient (Wildman–Crippen LogP) is 2.70. The molecule has 0 aliphatic heterocycles. The van der Waals surface area contributed by atoms with Crippen LogP contribution >= 0.6 is 11.8 Å². The lowest BCUT2D eigenvalue weighted by atomic mass is 10.3. The Kier molecular flexibility index (Phi) is 4.68. The van der Waals surface area contributed by atoms with Gasteiger partial charge in [0.15, 0.2) is 0 Å². The van der Waals surface area contributed by atoms with Crippen LogP contribution in [0.2, 0.25) is 0 Å². The van der Waals surface area contributed by atoms with Gasteiger partial charge in [-0.3, -0.25) is 0 Å². The second-order valence-electron chi connectivity index (χ2n) is 2.95. The molecule has 1 heterocycles. The van der Waals surface area contributed by atoms with Gasteiger partial charge < -0.3 is 5.73 Å². The number of thioether (sulfide) groups is 1. The van der Waals surface area contributed by atoms with Crippen molar-refractivity contribution in [2.45, 2.75) is 25.5 Å². The number of hydrogen-bond acceptors (Lipinski definition) is 3. The van der Waals surface area contributed by atoms with Gasteiger partial charge in [0.05, 0.1) is 0 Å². The highest BCUT2D eigenvalue weighted by Gasteiger charge is 1.97. The number of anilines is 1. The fraction of sp³-hybridized carbons (Fsp3) is 0.500. The van der Waals surface area contributed by atoms with Crippen LogP contribution in [0.25, 0.3) is 0 Å². The molecule has 0 aromatic carbocycles. The van der Waals surface area contributed by atoms with Crippen molar-refractivity contribution in [2.75, 3.05) is 11.5 Å². The molecular weight excluding hydrogens is 180 g/mol. The van der Waals surface area contributed by atoms with Gasteiger partial charge in [0.1, 0.15) is 5.82 Å². The lowest BCUT2D eigenvalue weighted by Crippen LogP contribution is -1.95. The lowest BCUT2D eigenvalue weighted by molar-refractivity contribution is 0.896. The van der Waals surface area contributed by atoms with Crippen LogP contribution in [-0.2, 0) is 5.75 Å². The van der Waals surface area contributed by atoms with Gasteiger partial charge in [0.2, 0.25) is 0 Å². The summed E-state index contributed by atoms with van der Waals surface area (Å²) in [6.45, 7) is 2.21. The molecule has 0 fully saturated rings. The molecule has 0 saturated carbocycles. The average molecular weight is 196 g/mol. The highest BCUT2D eigenvalue weighted by atomic mass is 32.2. The number of nitrogens with two attached hydrogens (primary N) is 1. The second-order valence-corrected chi connectivity index (χ2v) is 4.06. The van der Waals surface area contributed by atoms with E-state index in [1.807, 2.05) is 23.9 Å². The number of rotatable bonds is 5. The smallest absolute Gasteiger partial charge is 0.127 e. The minimum absolute atomic E-state index is 0.673. The molecule has 2 N–H and O–H groups in total. The molecule has 0 saturated heterocycles. The number of aromatic nitrogens is 1. The van der Waals surface area contributed by atoms with E-state index < -0.39 is 0 Å². The summed E-state index contributed by atoms with van der Waals surface area (Å²) in [7, 11) is 0. The van der Waals surface area contributed by atoms with Crippen molar-refractivity contribution < 1.29 is 0 Å². The van der Waals surface area contributed by atoms with Crippen molar-refractivity contribution in [2.24, 2.45) is 0 Å². The summed E-state index contributed by atoms with van der Waals surface area (Å²) in [5, 5.41) is 0. The minimum Gasteiger partial charge on any atom is -0.383 e. The summed E-state index contributed by atoms with van der Waals surface area (Å²) < 4.78 is 0. The van der Waals surface area contributed by atoms with Gasteiger partial charge in [-0.2, -0.15) is 11.8 Å². The summed E-state index contributed by atoms with van der Waals surface area (Å²) in [4.78, 5) is 4.04. The predicted molar refractivity (Wildman–Crippen MR) is 59.7 cm³/mol. The van der Waals surface area contributed by atoms with E-state index in [4.69, 9.17) is 5.73 Å². The summed E-state index contributed by atoms with van der Waals surface area (Å²) in [5.41, 5.74) is 6.87. The van der Waals surface area contributed by atoms with Crippen LogP contribution in [0.5, 0.6) is 0 Å². The van der Waals surface area contributed by atoms with Gasteiger partial charge in [-0.1, -0.05) is 19.4 Å². The number of unbranched alkanes of at least 4 members (excludes halogenated alkanes) is 1. The molecule has 0 aliphatic rings. The van der Waals surface area contributed by atoms with E-state index >= 15 is 0 Å². The molecule has 0 radical (unpaired) electrons. The van der Waals surface area contributed by atoms with Crippen LogP contribution in [0.1, 0.15) is 25.3 Å². The Bertz CT molecular complexity index is 250. The highest BCUT2D eigenvalue weighted by molar-refractivity contribution is 7.98. The number of nitrogens with zero attached hydrogens (tertiary/aromatic N) is 1. The quantitative estimate of drug-likeness (QED) is 0.736. The minimum atomic E-state index is 0.673. The van der Waals surface area contributed by atoms with Gasteiger partial charge in [-0.25, -0.2) is 4.98 Å². The van der Waals surface area contributed by atoms with Crippen molar-refractivity contribution >= 4 is 17.6 Å². The molecule has 0 unspecified atom stereocenters. The summed E-state index contributed by atoms with van der Waals surface area (Å²) >= 11 is 1.93. The van der Waals surface area contributed by atoms with Crippen molar-refractivity contribution in [3.8, 4) is 0 Å². The fourth-order valence-electron chi connectivity index (χ4n) is 1.00. The highest BCUT2D eigenvalue weighted by Crippen LogP contribution is 2.16. The first kappa shape index (κ1) is 10.4. The molecular formula is C10H16N2S. The maximum Gasteiger partial charge on any atom is 0.127 e. The second kappa shape index (κ2) is 5.86. The Morgan fingerprint density at radius 3 is 3.08 bits per heavy atom. The molecule has 0 atom stereocenters. The van der Waals surface area contributed by atoms with Crippen molar-refractivity contribution in [3.05, 3.63) is 23.9 Å². The lowest BCUT2D eigenvalue weighted by Gasteiger charge is -2.03. The summed E-state index contributed by atoms with van der Waals surface area (Å²) in [5.74, 6) is 2.87. The molecule has 1 aromatic heterocycles. The molecule has 0 spiro atoms. The maximum atomic E-state index is 5.71. The van der Waals surface area contributed by atoms with Gasteiger partial charge in [0, 0.05) is 17.5 Å². The zero-order chi connectivity index (χ0) is 9.52. The standard InChI is InChI=1S/C10H16N2S/c1-2-3-7-13-8-9-5-4-6-12-10(9)11/h4-6H,2-3,7-8H2,1H3,(H2,11,12). The summed E-state index contributed by atoms with van der Waals surface area (Å²) in [6, 6.07) is 3.98. The third kappa shape index (κ3) is 3.68. The van der Waals surface area contributed by atoms with Crippen LogP contribution in [-0.4, -0.2) is 10.7 Å². The van der Waals surface area contributed by atoms with Gasteiger partial charge in [0.25, 0.3) is 0 Å². The first-order valence-electron chi connectivity index (χ1n) is 4.61. The zero-order valence-electron chi connectivity index (χ0n) is 7.99. The maximum absolute atomic E-state index is 5.71. The normalized spacial score (nSPS) is 10.2. The van der Waals surface area contributed by atoms with Crippen LogP contribution in [0, 0.1) is 0 Å². The van der Waals surface area contributed by atoms with Gasteiger partial charge in [-0.05, 0) is 18.2 Å². The Labute approximate surface area is 83.9 Å². The van der Waals surface area contributed by atoms with Gasteiger partial charge >= 0.3 is 0 Å². The Hall–Kier alpha value is -0.700. The molecule has 72 valence electrons. The molecule has 1 aromatic rings. The van der Waals surface area contributed by atoms with E-state index in [2.05, 4.69) is 11.9 Å². The van der Waals surface area contributed by atoms with Crippen molar-refractivity contribution in [1.29, 1.82) is 0 Å². The van der Waals surface area contributed by atoms with E-state index in [1.54, 1.807) is 6.20 Å². The number of hydrogen-bond donors (Lipinski definition) is 1. The molecule has 13 heavy (non-hydrogen) atoms. The molecule has 2 nitrogen and oxygen atoms in total. The number of pyridine rings is 1. The zero-order valence-corrected chi connectivity index (χ0v) is 8.81. The molecule has 0 aliphatic carbocycles. The SMILES string of the molecule is CCCCSCc1cccnc1N. The Morgan fingerprint density at radius 1 is 1.54 bits per heavy atom. The third-order valence-corrected chi connectivity index (χ3v) is 2.92. The van der Waals surface area contributed by atoms with Crippen LogP contribution in [0.4, 0.5) is 5.82 Å². The third-order valence-electron chi connectivity index (χ3n) is 1.83. The first-order valence-corrected chi connectivity index (χ1v) is 5.77. The molecule has 3 heteroatoms. The molecule has 1 rings (SSSR count). The average Bonchev–Trinajstić information content (AvgIpc) is 2.15. The van der Waals surface area contributed by atoms with E-state index in [9.17, 15) is 0 Å². The van der Waals surface area contributed by atoms with E-state index in [1.165, 1.54) is 18.6 Å². The van der Waals surface area contributed by atoms with E-state index in [0.717, 1.165) is 11.3 Å². The number of nitrogen functional groups attached to an aromatic ring is 1. The first-order chi connectivity index (χ1) is 6.34. The Balaban J connectivity index is 2.32. The van der Waals surface area contributed by atoms with E-state index in [0.29, 0.717) is 5.82 Å². The topological polar surface area (TPSA) is 38.9 Å². The molecule has 0 amide bonds.